The molecule has 1 fully saturated rings. The number of piperazine rings is 1. The summed E-state index contributed by atoms with van der Waals surface area (Å²) in [5.74, 6) is 1.57. The summed E-state index contributed by atoms with van der Waals surface area (Å²) in [6, 6.07) is 9.50. The van der Waals surface area contributed by atoms with E-state index in [1.165, 1.54) is 6.92 Å². The molecule has 1 amide bonds. The number of nitrogens with zero attached hydrogens (tertiary/aromatic N) is 4. The predicted octanol–water partition coefficient (Wildman–Crippen LogP) is 1.93. The monoisotopic (exact) mass is 326 g/mol. The van der Waals surface area contributed by atoms with E-state index in [-0.39, 0.29) is 5.91 Å². The lowest BCUT2D eigenvalue weighted by Gasteiger charge is -2.33. The maximum absolute atomic E-state index is 11.2. The summed E-state index contributed by atoms with van der Waals surface area (Å²) < 4.78 is 0. The second-order valence-electron chi connectivity index (χ2n) is 5.94. The molecule has 1 aromatic carbocycles. The van der Waals surface area contributed by atoms with Crippen LogP contribution in [0, 0.1) is 0 Å². The first-order chi connectivity index (χ1) is 11.6. The summed E-state index contributed by atoms with van der Waals surface area (Å²) in [6.07, 6.45) is 1.58. The van der Waals surface area contributed by atoms with E-state index in [4.69, 9.17) is 0 Å². The van der Waals surface area contributed by atoms with Gasteiger partial charge in [-0.15, -0.1) is 0 Å². The molecule has 7 nitrogen and oxygen atoms in total. The van der Waals surface area contributed by atoms with Gasteiger partial charge >= 0.3 is 0 Å². The van der Waals surface area contributed by atoms with Crippen LogP contribution in [0.25, 0.3) is 0 Å². The van der Waals surface area contributed by atoms with Gasteiger partial charge in [0.25, 0.3) is 0 Å². The van der Waals surface area contributed by atoms with Crippen molar-refractivity contribution in [2.24, 2.45) is 0 Å². The first-order valence-corrected chi connectivity index (χ1v) is 8.00. The van der Waals surface area contributed by atoms with Gasteiger partial charge < -0.3 is 20.4 Å². The van der Waals surface area contributed by atoms with Crippen molar-refractivity contribution in [3.63, 3.8) is 0 Å². The Hall–Kier alpha value is -2.67. The van der Waals surface area contributed by atoms with Crippen LogP contribution in [0.15, 0.2) is 36.7 Å². The lowest BCUT2D eigenvalue weighted by Crippen LogP contribution is -2.44. The number of rotatable bonds is 4. The quantitative estimate of drug-likeness (QED) is 0.894. The van der Waals surface area contributed by atoms with Gasteiger partial charge in [-0.1, -0.05) is 6.07 Å². The highest BCUT2D eigenvalue weighted by Gasteiger charge is 2.15. The fourth-order valence-corrected chi connectivity index (χ4v) is 2.65. The van der Waals surface area contributed by atoms with Crippen molar-refractivity contribution in [3.8, 4) is 0 Å². The second-order valence-corrected chi connectivity index (χ2v) is 5.94. The van der Waals surface area contributed by atoms with Gasteiger partial charge in [-0.3, -0.25) is 4.79 Å². The van der Waals surface area contributed by atoms with Crippen molar-refractivity contribution in [1.29, 1.82) is 0 Å². The van der Waals surface area contributed by atoms with Crippen LogP contribution in [0.5, 0.6) is 0 Å². The Morgan fingerprint density at radius 3 is 2.58 bits per heavy atom. The molecule has 0 spiro atoms. The Morgan fingerprint density at radius 1 is 1.08 bits per heavy atom. The zero-order valence-corrected chi connectivity index (χ0v) is 14.0. The molecule has 0 unspecified atom stereocenters. The standard InChI is InChI=1S/C17H22N6O/c1-13(24)20-14-4-3-5-15(10-14)21-16-11-17(19-12-18-16)23-8-6-22(2)7-9-23/h3-5,10-12H,6-9H2,1-2H3,(H,20,24)(H,18,19,21). The number of nitrogens with one attached hydrogen (secondary N) is 2. The Bertz CT molecular complexity index is 712. The summed E-state index contributed by atoms with van der Waals surface area (Å²) >= 11 is 0. The third kappa shape index (κ3) is 4.20. The molecule has 1 aliphatic rings. The highest BCUT2D eigenvalue weighted by molar-refractivity contribution is 5.89. The van der Waals surface area contributed by atoms with Gasteiger partial charge in [0.05, 0.1) is 0 Å². The molecule has 2 aromatic rings. The van der Waals surface area contributed by atoms with Gasteiger partial charge in [-0.25, -0.2) is 9.97 Å². The zero-order chi connectivity index (χ0) is 16.9. The fourth-order valence-electron chi connectivity index (χ4n) is 2.65. The minimum absolute atomic E-state index is 0.0912. The van der Waals surface area contributed by atoms with Crippen molar-refractivity contribution in [1.82, 2.24) is 14.9 Å². The number of carbonyl (C=O) groups excluding carboxylic acids is 1. The molecule has 0 radical (unpaired) electrons. The fraction of sp³-hybridized carbons (Fsp3) is 0.353. The third-order valence-electron chi connectivity index (χ3n) is 3.94. The third-order valence-corrected chi connectivity index (χ3v) is 3.94. The number of aromatic nitrogens is 2. The molecule has 0 atom stereocenters. The highest BCUT2D eigenvalue weighted by Crippen LogP contribution is 2.21. The van der Waals surface area contributed by atoms with Gasteiger partial charge in [-0.05, 0) is 25.2 Å². The van der Waals surface area contributed by atoms with Gasteiger partial charge in [0, 0.05) is 50.5 Å². The molecule has 0 aliphatic carbocycles. The van der Waals surface area contributed by atoms with Crippen molar-refractivity contribution in [2.75, 3.05) is 48.8 Å². The van der Waals surface area contributed by atoms with E-state index in [9.17, 15) is 4.79 Å². The molecule has 3 rings (SSSR count). The maximum atomic E-state index is 11.2. The molecule has 0 bridgehead atoms. The highest BCUT2D eigenvalue weighted by atomic mass is 16.1. The van der Waals surface area contributed by atoms with Crippen LogP contribution in [0.2, 0.25) is 0 Å². The number of benzene rings is 1. The normalized spacial score (nSPS) is 15.2. The molecular weight excluding hydrogens is 304 g/mol. The van der Waals surface area contributed by atoms with E-state index in [1.807, 2.05) is 30.3 Å². The maximum Gasteiger partial charge on any atom is 0.221 e. The van der Waals surface area contributed by atoms with Crippen molar-refractivity contribution >= 4 is 28.9 Å². The van der Waals surface area contributed by atoms with Crippen LogP contribution in [-0.4, -0.2) is 54.0 Å². The van der Waals surface area contributed by atoms with Gasteiger partial charge in [0.1, 0.15) is 18.0 Å². The van der Waals surface area contributed by atoms with E-state index < -0.39 is 0 Å². The number of hydrogen-bond donors (Lipinski definition) is 2. The lowest BCUT2D eigenvalue weighted by molar-refractivity contribution is -0.114. The van der Waals surface area contributed by atoms with Crippen LogP contribution in [0.3, 0.4) is 0 Å². The van der Waals surface area contributed by atoms with E-state index in [0.717, 1.165) is 49.2 Å². The summed E-state index contributed by atoms with van der Waals surface area (Å²) in [5.41, 5.74) is 1.62. The number of hydrogen-bond acceptors (Lipinski definition) is 6. The Balaban J connectivity index is 1.71. The number of anilines is 4. The van der Waals surface area contributed by atoms with E-state index in [2.05, 4.69) is 37.4 Å². The van der Waals surface area contributed by atoms with Crippen molar-refractivity contribution < 1.29 is 4.79 Å². The van der Waals surface area contributed by atoms with Crippen LogP contribution in [-0.2, 0) is 4.79 Å². The number of amides is 1. The van der Waals surface area contributed by atoms with Crippen LogP contribution >= 0.6 is 0 Å². The molecule has 126 valence electrons. The molecular formula is C17H22N6O. The van der Waals surface area contributed by atoms with Gasteiger partial charge in [0.15, 0.2) is 0 Å². The van der Waals surface area contributed by atoms with Gasteiger partial charge in [0.2, 0.25) is 5.91 Å². The zero-order valence-electron chi connectivity index (χ0n) is 14.0. The van der Waals surface area contributed by atoms with Crippen LogP contribution in [0.1, 0.15) is 6.92 Å². The molecule has 2 N–H and O–H groups in total. The second kappa shape index (κ2) is 7.27. The molecule has 24 heavy (non-hydrogen) atoms. The molecule has 0 saturated carbocycles. The Kier molecular flexibility index (Phi) is 4.90. The SMILES string of the molecule is CC(=O)Nc1cccc(Nc2cc(N3CCN(C)CC3)ncn2)c1. The molecule has 1 aromatic heterocycles. The number of likely N-dealkylation sites (N-methyl/N-ethyl adjacent to an activating group) is 1. The molecule has 7 heteroatoms. The summed E-state index contributed by atoms with van der Waals surface area (Å²) in [6.45, 7) is 5.49. The van der Waals surface area contributed by atoms with E-state index in [0.29, 0.717) is 0 Å². The Labute approximate surface area is 141 Å². The van der Waals surface area contributed by atoms with Crippen LogP contribution in [0.4, 0.5) is 23.0 Å². The summed E-state index contributed by atoms with van der Waals surface area (Å²) in [7, 11) is 2.13. The average molecular weight is 326 g/mol. The molecule has 2 heterocycles. The minimum Gasteiger partial charge on any atom is -0.354 e. The smallest absolute Gasteiger partial charge is 0.221 e. The van der Waals surface area contributed by atoms with Crippen LogP contribution < -0.4 is 15.5 Å². The largest absolute Gasteiger partial charge is 0.354 e. The predicted molar refractivity (Wildman–Crippen MR) is 95.8 cm³/mol. The topological polar surface area (TPSA) is 73.4 Å². The first-order valence-electron chi connectivity index (χ1n) is 8.00. The molecule has 1 aliphatic heterocycles. The van der Waals surface area contributed by atoms with E-state index >= 15 is 0 Å². The number of carbonyl (C=O) groups is 1. The van der Waals surface area contributed by atoms with Crippen molar-refractivity contribution in [2.45, 2.75) is 6.92 Å². The lowest BCUT2D eigenvalue weighted by atomic mass is 10.2. The summed E-state index contributed by atoms with van der Waals surface area (Å²) in [5, 5.41) is 6.04. The summed E-state index contributed by atoms with van der Waals surface area (Å²) in [4.78, 5) is 24.4. The van der Waals surface area contributed by atoms with Gasteiger partial charge in [-0.2, -0.15) is 0 Å². The Morgan fingerprint density at radius 2 is 1.83 bits per heavy atom. The minimum atomic E-state index is -0.0912. The molecule has 1 saturated heterocycles. The van der Waals surface area contributed by atoms with Crippen molar-refractivity contribution in [3.05, 3.63) is 36.7 Å². The van der Waals surface area contributed by atoms with E-state index in [1.54, 1.807) is 6.33 Å². The average Bonchev–Trinajstić information content (AvgIpc) is 2.55. The first kappa shape index (κ1) is 16.2.